The highest BCUT2D eigenvalue weighted by atomic mass is 35.5. The summed E-state index contributed by atoms with van der Waals surface area (Å²) in [5.74, 6) is -3.54. The number of rotatable bonds is 0. The van der Waals surface area contributed by atoms with Crippen LogP contribution < -0.4 is 0 Å². The minimum Gasteiger partial charge on any atom is -0.473 e. The summed E-state index contributed by atoms with van der Waals surface area (Å²) < 4.78 is 3.40. The lowest BCUT2D eigenvalue weighted by molar-refractivity contribution is -0.159. The minimum absolute atomic E-state index is 1.46. The largest absolute Gasteiger partial charge is 0.473 e. The van der Waals surface area contributed by atoms with Crippen molar-refractivity contribution in [2.45, 2.75) is 0 Å². The topological polar surface area (TPSA) is 80.7 Å². The van der Waals surface area contributed by atoms with Gasteiger partial charge in [-0.25, -0.2) is 14.4 Å². The number of hydrogen-bond acceptors (Lipinski definition) is 4. The maximum atomic E-state index is 9.83. The molecule has 6 heteroatoms. The van der Waals surface area contributed by atoms with Crippen molar-refractivity contribution in [2.75, 3.05) is 0 Å². The first-order chi connectivity index (χ1) is 4.04. The van der Waals surface area contributed by atoms with Crippen LogP contribution in [0.3, 0.4) is 0 Å². The summed E-state index contributed by atoms with van der Waals surface area (Å²) in [5, 5.41) is 7.75. The summed E-state index contributed by atoms with van der Waals surface area (Å²) in [6.45, 7) is 0. The normalized spacial score (nSPS) is 8.11. The first-order valence-corrected chi connectivity index (χ1v) is 2.06. The Hall–Kier alpha value is -1.10. The standard InChI is InChI=1S/C3HClO5/c4-3(8)9-2(7)1(5)6/h(H,5,6). The molecule has 0 rings (SSSR count). The van der Waals surface area contributed by atoms with Gasteiger partial charge < -0.3 is 9.84 Å². The van der Waals surface area contributed by atoms with Gasteiger partial charge in [-0.05, 0) is 0 Å². The molecule has 0 bridgehead atoms. The summed E-state index contributed by atoms with van der Waals surface area (Å²) in [7, 11) is 0. The zero-order chi connectivity index (χ0) is 7.44. The fourth-order valence-corrected chi connectivity index (χ4v) is 0.187. The zero-order valence-electron chi connectivity index (χ0n) is 3.96. The Morgan fingerprint density at radius 1 is 1.33 bits per heavy atom. The van der Waals surface area contributed by atoms with Gasteiger partial charge in [-0.15, -0.1) is 0 Å². The monoisotopic (exact) mass is 152 g/mol. The molecule has 0 aromatic rings. The molecule has 0 heterocycles. The van der Waals surface area contributed by atoms with E-state index in [0.717, 1.165) is 0 Å². The highest BCUT2D eigenvalue weighted by molar-refractivity contribution is 6.62. The van der Waals surface area contributed by atoms with Crippen LogP contribution in [0.4, 0.5) is 4.79 Å². The predicted octanol–water partition coefficient (Wildman–Crippen LogP) is -0.0270. The molecule has 0 amide bonds. The SMILES string of the molecule is O=C(Cl)OC(=O)C(=O)O. The number of aliphatic carboxylic acids is 1. The van der Waals surface area contributed by atoms with Crippen molar-refractivity contribution in [3.63, 3.8) is 0 Å². The molecule has 0 aromatic carbocycles. The lowest BCUT2D eigenvalue weighted by Gasteiger charge is -1.88. The molecule has 50 valence electrons. The molecule has 0 spiro atoms. The number of carbonyl (C=O) groups is 3. The predicted molar refractivity (Wildman–Crippen MR) is 25.0 cm³/mol. The van der Waals surface area contributed by atoms with Crippen LogP contribution >= 0.6 is 11.6 Å². The van der Waals surface area contributed by atoms with Crippen LogP contribution in [-0.2, 0) is 14.3 Å². The molecule has 0 aliphatic rings. The van der Waals surface area contributed by atoms with Gasteiger partial charge in [-0.3, -0.25) is 0 Å². The van der Waals surface area contributed by atoms with Gasteiger partial charge in [0.05, 0.1) is 0 Å². The smallest absolute Gasteiger partial charge is 0.425 e. The van der Waals surface area contributed by atoms with Gasteiger partial charge >= 0.3 is 17.4 Å². The Bertz CT molecular complexity index is 162. The first-order valence-electron chi connectivity index (χ1n) is 1.68. The highest BCUT2D eigenvalue weighted by Crippen LogP contribution is 1.86. The van der Waals surface area contributed by atoms with Crippen molar-refractivity contribution in [2.24, 2.45) is 0 Å². The third kappa shape index (κ3) is 3.48. The van der Waals surface area contributed by atoms with E-state index in [-0.39, 0.29) is 0 Å². The molecule has 0 fully saturated rings. The van der Waals surface area contributed by atoms with E-state index in [4.69, 9.17) is 5.11 Å². The zero-order valence-corrected chi connectivity index (χ0v) is 4.71. The number of hydrogen-bond donors (Lipinski definition) is 1. The molecule has 0 aliphatic carbocycles. The summed E-state index contributed by atoms with van der Waals surface area (Å²) in [6, 6.07) is 0. The number of carboxylic acid groups (broad SMARTS) is 1. The van der Waals surface area contributed by atoms with Crippen molar-refractivity contribution >= 4 is 29.0 Å². The quantitative estimate of drug-likeness (QED) is 0.228. The van der Waals surface area contributed by atoms with Gasteiger partial charge in [0.2, 0.25) is 0 Å². The van der Waals surface area contributed by atoms with E-state index in [1.165, 1.54) is 0 Å². The fraction of sp³-hybridized carbons (Fsp3) is 0. The molecule has 0 aliphatic heterocycles. The molecular weight excluding hydrogens is 151 g/mol. The van der Waals surface area contributed by atoms with Gasteiger partial charge in [-0.2, -0.15) is 0 Å². The number of carbonyl (C=O) groups excluding carboxylic acids is 2. The lowest BCUT2D eigenvalue weighted by atomic mass is 10.7. The summed E-state index contributed by atoms with van der Waals surface area (Å²) in [6.07, 6.45) is 0. The second kappa shape index (κ2) is 3.03. The second-order valence-electron chi connectivity index (χ2n) is 0.932. The molecule has 9 heavy (non-hydrogen) atoms. The Morgan fingerprint density at radius 2 is 1.78 bits per heavy atom. The molecule has 0 unspecified atom stereocenters. The maximum absolute atomic E-state index is 9.83. The number of ether oxygens (including phenoxy) is 1. The number of halogens is 1. The highest BCUT2D eigenvalue weighted by Gasteiger charge is 2.15. The fourth-order valence-electron chi connectivity index (χ4n) is 0.117. The van der Waals surface area contributed by atoms with Crippen molar-refractivity contribution in [3.05, 3.63) is 0 Å². The van der Waals surface area contributed by atoms with E-state index in [1.54, 1.807) is 0 Å². The van der Waals surface area contributed by atoms with E-state index in [1.807, 2.05) is 0 Å². The Balaban J connectivity index is 3.79. The second-order valence-corrected chi connectivity index (χ2v) is 1.24. The minimum atomic E-state index is -1.86. The van der Waals surface area contributed by atoms with E-state index in [2.05, 4.69) is 16.3 Å². The van der Waals surface area contributed by atoms with Crippen LogP contribution in [0.2, 0.25) is 0 Å². The Morgan fingerprint density at radius 3 is 1.89 bits per heavy atom. The molecule has 0 atom stereocenters. The molecule has 0 saturated heterocycles. The van der Waals surface area contributed by atoms with E-state index in [9.17, 15) is 14.4 Å². The van der Waals surface area contributed by atoms with Crippen LogP contribution in [0.25, 0.3) is 0 Å². The molecule has 5 nitrogen and oxygen atoms in total. The molecule has 1 N–H and O–H groups in total. The van der Waals surface area contributed by atoms with E-state index >= 15 is 0 Å². The Labute approximate surface area is 54.2 Å². The number of esters is 1. The van der Waals surface area contributed by atoms with E-state index < -0.39 is 17.4 Å². The Kier molecular flexibility index (Phi) is 2.66. The average Bonchev–Trinajstić information content (AvgIpc) is 1.63. The van der Waals surface area contributed by atoms with Gasteiger partial charge in [0.25, 0.3) is 0 Å². The van der Waals surface area contributed by atoms with Crippen LogP contribution in [-0.4, -0.2) is 22.5 Å². The van der Waals surface area contributed by atoms with Gasteiger partial charge in [0.1, 0.15) is 0 Å². The van der Waals surface area contributed by atoms with E-state index in [0.29, 0.717) is 0 Å². The van der Waals surface area contributed by atoms with Gasteiger partial charge in [0.15, 0.2) is 0 Å². The van der Waals surface area contributed by atoms with Crippen LogP contribution in [0, 0.1) is 0 Å². The van der Waals surface area contributed by atoms with Crippen LogP contribution in [0.1, 0.15) is 0 Å². The van der Waals surface area contributed by atoms with Crippen molar-refractivity contribution in [3.8, 4) is 0 Å². The molecule has 0 aromatic heterocycles. The third-order valence-corrected chi connectivity index (χ3v) is 0.425. The average molecular weight is 152 g/mol. The van der Waals surface area contributed by atoms with Gasteiger partial charge in [0, 0.05) is 11.6 Å². The summed E-state index contributed by atoms with van der Waals surface area (Å²) >= 11 is 4.47. The number of carboxylic acids is 1. The maximum Gasteiger partial charge on any atom is 0.425 e. The lowest BCUT2D eigenvalue weighted by Crippen LogP contribution is -2.17. The van der Waals surface area contributed by atoms with Crippen molar-refractivity contribution in [1.82, 2.24) is 0 Å². The third-order valence-electron chi connectivity index (χ3n) is 0.348. The van der Waals surface area contributed by atoms with Crippen molar-refractivity contribution in [1.29, 1.82) is 0 Å². The summed E-state index contributed by atoms with van der Waals surface area (Å²) in [4.78, 5) is 29.0. The van der Waals surface area contributed by atoms with Crippen LogP contribution in [0.15, 0.2) is 0 Å². The molecule has 0 radical (unpaired) electrons. The molecular formula is C3HClO5. The van der Waals surface area contributed by atoms with Crippen LogP contribution in [0.5, 0.6) is 0 Å². The first kappa shape index (κ1) is 7.90. The van der Waals surface area contributed by atoms with Gasteiger partial charge in [-0.1, -0.05) is 0 Å². The molecule has 0 saturated carbocycles. The summed E-state index contributed by atoms with van der Waals surface area (Å²) in [5.41, 5.74) is -1.46. The van der Waals surface area contributed by atoms with Crippen molar-refractivity contribution < 1.29 is 24.2 Å².